The third kappa shape index (κ3) is 6.31. The maximum absolute atomic E-state index is 12.9. The molecule has 0 bridgehead atoms. The average Bonchev–Trinajstić information content (AvgIpc) is 3.56. The minimum absolute atomic E-state index is 0.0223. The number of aliphatic hydroxyl groups excluding tert-OH is 1. The van der Waals surface area contributed by atoms with Crippen LogP contribution in [0.5, 0.6) is 5.75 Å². The standard InChI is InChI=1S/C28H33N5O5S/c1-18(2)37-26-9-6-19(16-20(26)17-29)28-30-27(31-38-28)24-5-3-4-23-22(24)7-8-25(23)32-39(35,36)15-14-33-12-10-21(34)11-13-33/h3-6,9,16,18,21,25,32,34H,7-8,10-15H2,1-2H3/t25-/m0/s1. The Labute approximate surface area is 228 Å². The largest absolute Gasteiger partial charge is 0.490 e. The minimum Gasteiger partial charge on any atom is -0.490 e. The van der Waals surface area contributed by atoms with Gasteiger partial charge >= 0.3 is 0 Å². The molecule has 10 nitrogen and oxygen atoms in total. The SMILES string of the molecule is CC(C)Oc1ccc(-c2nc(-c3cccc4c3CC[C@@H]4NS(=O)(=O)CCN3CCC(O)CC3)no2)cc1C#N. The molecule has 0 radical (unpaired) electrons. The lowest BCUT2D eigenvalue weighted by atomic mass is 10.0. The number of fused-ring (bicyclic) bond motifs is 1. The van der Waals surface area contributed by atoms with Crippen LogP contribution in [0.4, 0.5) is 0 Å². The van der Waals surface area contributed by atoms with Gasteiger partial charge in [0.25, 0.3) is 5.89 Å². The first-order valence-electron chi connectivity index (χ1n) is 13.3. The maximum Gasteiger partial charge on any atom is 0.258 e. The summed E-state index contributed by atoms with van der Waals surface area (Å²) in [6.45, 7) is 5.68. The van der Waals surface area contributed by atoms with Crippen LogP contribution in [0.2, 0.25) is 0 Å². The van der Waals surface area contributed by atoms with Crippen molar-refractivity contribution in [1.82, 2.24) is 19.8 Å². The second-order valence-corrected chi connectivity index (χ2v) is 12.3. The highest BCUT2D eigenvalue weighted by molar-refractivity contribution is 7.89. The summed E-state index contributed by atoms with van der Waals surface area (Å²) in [5.74, 6) is 1.23. The number of piperidine rings is 1. The highest BCUT2D eigenvalue weighted by Gasteiger charge is 2.30. The number of benzene rings is 2. The van der Waals surface area contributed by atoms with Crippen LogP contribution < -0.4 is 9.46 Å². The molecule has 1 saturated heterocycles. The molecule has 2 heterocycles. The normalized spacial score (nSPS) is 18.3. The van der Waals surface area contributed by atoms with Crippen molar-refractivity contribution in [3.63, 3.8) is 0 Å². The molecule has 1 aliphatic carbocycles. The van der Waals surface area contributed by atoms with E-state index in [1.165, 1.54) is 0 Å². The minimum atomic E-state index is -3.49. The summed E-state index contributed by atoms with van der Waals surface area (Å²) in [5, 5.41) is 23.4. The predicted octanol–water partition coefficient (Wildman–Crippen LogP) is 3.43. The number of nitrogens with zero attached hydrogens (tertiary/aromatic N) is 4. The Balaban J connectivity index is 1.30. The molecular formula is C28H33N5O5S. The van der Waals surface area contributed by atoms with Gasteiger partial charge in [0.1, 0.15) is 11.8 Å². The predicted molar refractivity (Wildman–Crippen MR) is 145 cm³/mol. The van der Waals surface area contributed by atoms with Gasteiger partial charge in [-0.25, -0.2) is 13.1 Å². The lowest BCUT2D eigenvalue weighted by Gasteiger charge is -2.29. The van der Waals surface area contributed by atoms with E-state index in [0.717, 1.165) is 16.7 Å². The topological polar surface area (TPSA) is 142 Å². The van der Waals surface area contributed by atoms with Crippen molar-refractivity contribution in [1.29, 1.82) is 5.26 Å². The molecular weight excluding hydrogens is 518 g/mol. The average molecular weight is 552 g/mol. The Morgan fingerprint density at radius 3 is 2.77 bits per heavy atom. The summed E-state index contributed by atoms with van der Waals surface area (Å²) >= 11 is 0. The Kier molecular flexibility index (Phi) is 8.00. The zero-order valence-corrected chi connectivity index (χ0v) is 22.9. The van der Waals surface area contributed by atoms with E-state index in [4.69, 9.17) is 9.26 Å². The summed E-state index contributed by atoms with van der Waals surface area (Å²) in [6, 6.07) is 12.7. The molecule has 1 aromatic heterocycles. The molecule has 3 aromatic rings. The highest BCUT2D eigenvalue weighted by atomic mass is 32.2. The number of nitriles is 1. The zero-order valence-electron chi connectivity index (χ0n) is 22.1. The third-order valence-electron chi connectivity index (χ3n) is 7.20. The van der Waals surface area contributed by atoms with E-state index in [9.17, 15) is 18.8 Å². The molecule has 2 aliphatic rings. The van der Waals surface area contributed by atoms with Crippen LogP contribution in [0.15, 0.2) is 40.9 Å². The second kappa shape index (κ2) is 11.4. The highest BCUT2D eigenvalue weighted by Crippen LogP contribution is 2.38. The van der Waals surface area contributed by atoms with Gasteiger partial charge in [0.15, 0.2) is 0 Å². The molecule has 206 valence electrons. The lowest BCUT2D eigenvalue weighted by molar-refractivity contribution is 0.0855. The Hall–Kier alpha value is -3.30. The van der Waals surface area contributed by atoms with Crippen molar-refractivity contribution in [3.05, 3.63) is 53.1 Å². The Morgan fingerprint density at radius 2 is 2.03 bits per heavy atom. The van der Waals surface area contributed by atoms with Gasteiger partial charge in [-0.2, -0.15) is 10.2 Å². The van der Waals surface area contributed by atoms with Crippen LogP contribution in [0.25, 0.3) is 22.8 Å². The maximum atomic E-state index is 12.9. The first-order chi connectivity index (χ1) is 18.7. The summed E-state index contributed by atoms with van der Waals surface area (Å²) in [6.07, 6.45) is 2.36. The van der Waals surface area contributed by atoms with E-state index >= 15 is 0 Å². The number of rotatable bonds is 9. The fourth-order valence-corrected chi connectivity index (χ4v) is 6.51. The second-order valence-electron chi connectivity index (χ2n) is 10.4. The summed E-state index contributed by atoms with van der Waals surface area (Å²) in [5.41, 5.74) is 3.72. The van der Waals surface area contributed by atoms with E-state index in [0.29, 0.717) is 68.0 Å². The molecule has 11 heteroatoms. The quantitative estimate of drug-likeness (QED) is 0.409. The first kappa shape index (κ1) is 27.3. The van der Waals surface area contributed by atoms with Crippen LogP contribution in [-0.2, 0) is 16.4 Å². The van der Waals surface area contributed by atoms with Crippen molar-refractivity contribution < 1.29 is 22.8 Å². The molecule has 2 N–H and O–H groups in total. The molecule has 1 aliphatic heterocycles. The molecule has 39 heavy (non-hydrogen) atoms. The van der Waals surface area contributed by atoms with Crippen LogP contribution >= 0.6 is 0 Å². The summed E-state index contributed by atoms with van der Waals surface area (Å²) < 4.78 is 39.9. The van der Waals surface area contributed by atoms with Crippen molar-refractivity contribution in [2.24, 2.45) is 0 Å². The lowest BCUT2D eigenvalue weighted by Crippen LogP contribution is -2.40. The molecule has 1 atom stereocenters. The van der Waals surface area contributed by atoms with E-state index < -0.39 is 10.0 Å². The first-order valence-corrected chi connectivity index (χ1v) is 14.9. The van der Waals surface area contributed by atoms with Crippen molar-refractivity contribution in [2.45, 2.75) is 57.8 Å². The zero-order chi connectivity index (χ0) is 27.6. The molecule has 0 saturated carbocycles. The molecule has 0 unspecified atom stereocenters. The van der Waals surface area contributed by atoms with Crippen molar-refractivity contribution >= 4 is 10.0 Å². The van der Waals surface area contributed by atoms with E-state index in [-0.39, 0.29) is 29.9 Å². The van der Waals surface area contributed by atoms with E-state index in [2.05, 4.69) is 25.8 Å². The number of aromatic nitrogens is 2. The molecule has 0 spiro atoms. The van der Waals surface area contributed by atoms with Crippen LogP contribution in [0, 0.1) is 11.3 Å². The Bertz CT molecular complexity index is 1470. The molecule has 0 amide bonds. The van der Waals surface area contributed by atoms with Gasteiger partial charge in [-0.3, -0.25) is 0 Å². The van der Waals surface area contributed by atoms with Gasteiger partial charge in [-0.15, -0.1) is 0 Å². The van der Waals surface area contributed by atoms with Crippen LogP contribution in [0.1, 0.15) is 55.8 Å². The van der Waals surface area contributed by atoms with Crippen molar-refractivity contribution in [3.8, 4) is 34.7 Å². The van der Waals surface area contributed by atoms with Gasteiger partial charge in [0.05, 0.1) is 23.5 Å². The third-order valence-corrected chi connectivity index (χ3v) is 8.57. The van der Waals surface area contributed by atoms with Gasteiger partial charge in [-0.05, 0) is 68.9 Å². The fraction of sp³-hybridized carbons (Fsp3) is 0.464. The number of aliphatic hydroxyl groups is 1. The number of sulfonamides is 1. The van der Waals surface area contributed by atoms with Gasteiger partial charge in [0, 0.05) is 36.8 Å². The van der Waals surface area contributed by atoms with Crippen LogP contribution in [-0.4, -0.2) is 66.2 Å². The van der Waals surface area contributed by atoms with Gasteiger partial charge < -0.3 is 19.3 Å². The van der Waals surface area contributed by atoms with E-state index in [1.54, 1.807) is 18.2 Å². The number of hydrogen-bond acceptors (Lipinski definition) is 9. The summed E-state index contributed by atoms with van der Waals surface area (Å²) in [7, 11) is -3.49. The fourth-order valence-electron chi connectivity index (χ4n) is 5.21. The number of nitrogens with one attached hydrogen (secondary N) is 1. The Morgan fingerprint density at radius 1 is 1.23 bits per heavy atom. The number of ether oxygens (including phenoxy) is 1. The van der Waals surface area contributed by atoms with Gasteiger partial charge in [-0.1, -0.05) is 23.4 Å². The van der Waals surface area contributed by atoms with Gasteiger partial charge in [0.2, 0.25) is 15.8 Å². The number of likely N-dealkylation sites (tertiary alicyclic amines) is 1. The van der Waals surface area contributed by atoms with E-state index in [1.807, 2.05) is 32.0 Å². The molecule has 5 rings (SSSR count). The molecule has 1 fully saturated rings. The monoisotopic (exact) mass is 551 g/mol. The van der Waals surface area contributed by atoms with Crippen LogP contribution in [0.3, 0.4) is 0 Å². The van der Waals surface area contributed by atoms with Crippen molar-refractivity contribution in [2.75, 3.05) is 25.4 Å². The smallest absolute Gasteiger partial charge is 0.258 e. The summed E-state index contributed by atoms with van der Waals surface area (Å²) in [4.78, 5) is 6.68. The molecule has 2 aromatic carbocycles. The number of hydrogen-bond donors (Lipinski definition) is 2.